The molecule has 0 rings (SSSR count). The van der Waals surface area contributed by atoms with Crippen molar-refractivity contribution in [3.05, 3.63) is 0 Å². The topological polar surface area (TPSA) is 0 Å². The SMILES string of the molecule is ClCCBr.ClCCCBr. The largest absolute Gasteiger partial charge is 0.127 e. The summed E-state index contributed by atoms with van der Waals surface area (Å²) in [5.41, 5.74) is 0. The van der Waals surface area contributed by atoms with Crippen LogP contribution in [-0.4, -0.2) is 22.4 Å². The minimum atomic E-state index is 0.708. The molecule has 0 N–H and O–H groups in total. The van der Waals surface area contributed by atoms with Gasteiger partial charge in [0.1, 0.15) is 0 Å². The molecule has 0 aliphatic heterocycles. The second-order valence-corrected chi connectivity index (χ2v) is 3.45. The summed E-state index contributed by atoms with van der Waals surface area (Å²) in [5.74, 6) is 1.48. The molecule has 0 aliphatic rings. The van der Waals surface area contributed by atoms with Crippen molar-refractivity contribution in [3.8, 4) is 0 Å². The first kappa shape index (κ1) is 13.2. The fraction of sp³-hybridized carbons (Fsp3) is 1.00. The van der Waals surface area contributed by atoms with Crippen LogP contribution in [0.1, 0.15) is 6.42 Å². The van der Waals surface area contributed by atoms with E-state index in [1.807, 2.05) is 0 Å². The van der Waals surface area contributed by atoms with Crippen molar-refractivity contribution in [2.45, 2.75) is 6.42 Å². The van der Waals surface area contributed by atoms with Gasteiger partial charge in [-0.05, 0) is 6.42 Å². The molecule has 0 bridgehead atoms. The van der Waals surface area contributed by atoms with Crippen molar-refractivity contribution < 1.29 is 0 Å². The minimum Gasteiger partial charge on any atom is -0.127 e. The first-order valence-electron chi connectivity index (χ1n) is 2.57. The maximum Gasteiger partial charge on any atom is 0.0320 e. The van der Waals surface area contributed by atoms with Crippen molar-refractivity contribution >= 4 is 55.1 Å². The third-order valence-electron chi connectivity index (χ3n) is 0.339. The maximum absolute atomic E-state index is 5.27. The summed E-state index contributed by atoms with van der Waals surface area (Å²) in [6, 6.07) is 0. The van der Waals surface area contributed by atoms with Gasteiger partial charge >= 0.3 is 0 Å². The molecule has 58 valence electrons. The quantitative estimate of drug-likeness (QED) is 0.698. The zero-order valence-electron chi connectivity index (χ0n) is 5.05. The molecule has 4 heteroatoms. The predicted molar refractivity (Wildman–Crippen MR) is 53.6 cm³/mol. The van der Waals surface area contributed by atoms with E-state index in [4.69, 9.17) is 23.2 Å². The Labute approximate surface area is 83.5 Å². The van der Waals surface area contributed by atoms with Gasteiger partial charge in [0.2, 0.25) is 0 Å². The Morgan fingerprint density at radius 3 is 1.33 bits per heavy atom. The average molecular weight is 301 g/mol. The van der Waals surface area contributed by atoms with Gasteiger partial charge in [0, 0.05) is 22.4 Å². The van der Waals surface area contributed by atoms with E-state index in [-0.39, 0.29) is 0 Å². The standard InChI is InChI=1S/C3H6BrCl.C2H4BrCl/c4-2-1-3-5;3-1-2-4/h1-3H2;1-2H2. The Morgan fingerprint density at radius 2 is 1.33 bits per heavy atom. The fourth-order valence-corrected chi connectivity index (χ4v) is 0.787. The van der Waals surface area contributed by atoms with Gasteiger partial charge in [-0.25, -0.2) is 0 Å². The summed E-state index contributed by atoms with van der Waals surface area (Å²) in [6.07, 6.45) is 1.07. The number of rotatable bonds is 3. The van der Waals surface area contributed by atoms with Crippen LogP contribution in [0.25, 0.3) is 0 Å². The molecule has 0 aromatic heterocycles. The highest BCUT2D eigenvalue weighted by atomic mass is 79.9. The van der Waals surface area contributed by atoms with Gasteiger partial charge in [-0.3, -0.25) is 0 Å². The van der Waals surface area contributed by atoms with Crippen molar-refractivity contribution in [1.82, 2.24) is 0 Å². The lowest BCUT2D eigenvalue weighted by molar-refractivity contribution is 1.13. The van der Waals surface area contributed by atoms with Crippen molar-refractivity contribution in [3.63, 3.8) is 0 Å². The molecule has 0 fully saturated rings. The normalized spacial score (nSPS) is 8.00. The molecule has 0 heterocycles. The van der Waals surface area contributed by atoms with Crippen LogP contribution >= 0.6 is 55.1 Å². The van der Waals surface area contributed by atoms with E-state index in [0.717, 1.165) is 23.0 Å². The first-order valence-corrected chi connectivity index (χ1v) is 5.88. The van der Waals surface area contributed by atoms with E-state index in [2.05, 4.69) is 31.9 Å². The van der Waals surface area contributed by atoms with E-state index in [0.29, 0.717) is 5.88 Å². The summed E-state index contributed by atoms with van der Waals surface area (Å²) in [6.45, 7) is 0. The summed E-state index contributed by atoms with van der Waals surface area (Å²) in [4.78, 5) is 0. The Hall–Kier alpha value is 1.54. The van der Waals surface area contributed by atoms with Crippen molar-refractivity contribution in [2.75, 3.05) is 22.4 Å². The lowest BCUT2D eigenvalue weighted by atomic mass is 10.6. The second kappa shape index (κ2) is 16.3. The second-order valence-electron chi connectivity index (χ2n) is 1.11. The highest BCUT2D eigenvalue weighted by molar-refractivity contribution is 9.09. The maximum atomic E-state index is 5.27. The third kappa shape index (κ3) is 26.3. The summed E-state index contributed by atoms with van der Waals surface area (Å²) >= 11 is 16.8. The Bertz CT molecular complexity index is 32.1. The molecule has 9 heavy (non-hydrogen) atoms. The highest BCUT2D eigenvalue weighted by Crippen LogP contribution is 1.87. The summed E-state index contributed by atoms with van der Waals surface area (Å²) in [7, 11) is 0. The van der Waals surface area contributed by atoms with Gasteiger partial charge in [-0.2, -0.15) is 0 Å². The first-order chi connectivity index (χ1) is 4.33. The molecule has 0 amide bonds. The molecule has 0 saturated heterocycles. The van der Waals surface area contributed by atoms with Crippen molar-refractivity contribution in [2.24, 2.45) is 0 Å². The predicted octanol–water partition coefficient (Wildman–Crippen LogP) is 3.63. The zero-order chi connectivity index (χ0) is 7.54. The molecular weight excluding hydrogens is 291 g/mol. The minimum absolute atomic E-state index is 0.708. The Balaban J connectivity index is 0. The smallest absolute Gasteiger partial charge is 0.0320 e. The molecule has 0 nitrogen and oxygen atoms in total. The average Bonchev–Trinajstić information content (AvgIpc) is 1.91. The van der Waals surface area contributed by atoms with Crippen LogP contribution in [0.5, 0.6) is 0 Å². The molecule has 0 atom stereocenters. The lowest BCUT2D eigenvalue weighted by Crippen LogP contribution is -1.70. The van der Waals surface area contributed by atoms with Gasteiger partial charge in [0.15, 0.2) is 0 Å². The van der Waals surface area contributed by atoms with E-state index < -0.39 is 0 Å². The number of halogens is 4. The molecule has 0 radical (unpaired) electrons. The Kier molecular flexibility index (Phi) is 23.8. The fourth-order valence-electron chi connectivity index (χ4n) is 0.0505. The zero-order valence-corrected chi connectivity index (χ0v) is 9.73. The van der Waals surface area contributed by atoms with E-state index >= 15 is 0 Å². The summed E-state index contributed by atoms with van der Waals surface area (Å²) in [5, 5.41) is 1.92. The van der Waals surface area contributed by atoms with Gasteiger partial charge in [-0.1, -0.05) is 31.9 Å². The van der Waals surface area contributed by atoms with Crippen LogP contribution in [0.2, 0.25) is 0 Å². The highest BCUT2D eigenvalue weighted by Gasteiger charge is 1.71. The number of hydrogen-bond acceptors (Lipinski definition) is 0. The van der Waals surface area contributed by atoms with E-state index in [1.54, 1.807) is 0 Å². The molecule has 0 saturated carbocycles. The molecule has 0 aromatic carbocycles. The van der Waals surface area contributed by atoms with Gasteiger partial charge in [0.05, 0.1) is 0 Å². The Morgan fingerprint density at radius 1 is 0.889 bits per heavy atom. The van der Waals surface area contributed by atoms with Crippen LogP contribution in [0.15, 0.2) is 0 Å². The van der Waals surface area contributed by atoms with E-state index in [9.17, 15) is 0 Å². The van der Waals surface area contributed by atoms with Crippen LogP contribution in [0, 0.1) is 0 Å². The summed E-state index contributed by atoms with van der Waals surface area (Å²) < 4.78 is 0. The lowest BCUT2D eigenvalue weighted by Gasteiger charge is -1.75. The van der Waals surface area contributed by atoms with E-state index in [1.165, 1.54) is 0 Å². The van der Waals surface area contributed by atoms with Crippen LogP contribution in [0.3, 0.4) is 0 Å². The molecule has 0 spiro atoms. The molecular formula is C5H10Br2Cl2. The number of alkyl halides is 4. The van der Waals surface area contributed by atoms with Gasteiger partial charge < -0.3 is 0 Å². The van der Waals surface area contributed by atoms with Crippen LogP contribution < -0.4 is 0 Å². The number of hydrogen-bond donors (Lipinski definition) is 0. The molecule has 0 aromatic rings. The van der Waals surface area contributed by atoms with Gasteiger partial charge in [-0.15, -0.1) is 23.2 Å². The monoisotopic (exact) mass is 298 g/mol. The molecule has 0 aliphatic carbocycles. The van der Waals surface area contributed by atoms with Crippen LogP contribution in [-0.2, 0) is 0 Å². The third-order valence-corrected chi connectivity index (χ3v) is 2.21. The van der Waals surface area contributed by atoms with Crippen LogP contribution in [0.4, 0.5) is 0 Å². The van der Waals surface area contributed by atoms with Gasteiger partial charge in [0.25, 0.3) is 0 Å². The van der Waals surface area contributed by atoms with Crippen molar-refractivity contribution in [1.29, 1.82) is 0 Å². The molecule has 0 unspecified atom stereocenters.